The number of ether oxygens (including phenoxy) is 2. The summed E-state index contributed by atoms with van der Waals surface area (Å²) in [6.07, 6.45) is 13.1. The topological polar surface area (TPSA) is 98.9 Å². The molecule has 6 nitrogen and oxygen atoms in total. The lowest BCUT2D eigenvalue weighted by Crippen LogP contribution is -2.22. The monoisotopic (exact) mass is 371 g/mol. The van der Waals surface area contributed by atoms with Crippen LogP contribution in [0.2, 0.25) is 0 Å². The van der Waals surface area contributed by atoms with Crippen molar-refractivity contribution in [3.05, 3.63) is 11.6 Å². The molecule has 0 amide bonds. The number of unbranched alkanes of at least 4 members (excludes halogenated alkanes) is 9. The SMILES string of the molecule is CC(=O)OC(C)C1=CC(=O)OC1O.CCCCCCCCCCCCN. The van der Waals surface area contributed by atoms with E-state index < -0.39 is 24.3 Å². The zero-order chi connectivity index (χ0) is 19.8. The van der Waals surface area contributed by atoms with Crippen molar-refractivity contribution in [2.75, 3.05) is 6.54 Å². The first-order valence-electron chi connectivity index (χ1n) is 9.89. The van der Waals surface area contributed by atoms with Crippen molar-refractivity contribution >= 4 is 11.9 Å². The van der Waals surface area contributed by atoms with Gasteiger partial charge in [-0.25, -0.2) is 4.79 Å². The van der Waals surface area contributed by atoms with Crippen molar-refractivity contribution in [2.24, 2.45) is 5.73 Å². The smallest absolute Gasteiger partial charge is 0.333 e. The Morgan fingerprint density at radius 3 is 2.04 bits per heavy atom. The molecule has 0 saturated carbocycles. The highest BCUT2D eigenvalue weighted by molar-refractivity contribution is 5.86. The van der Waals surface area contributed by atoms with E-state index in [9.17, 15) is 9.59 Å². The number of nitrogens with two attached hydrogens (primary N) is 1. The lowest BCUT2D eigenvalue weighted by atomic mass is 10.1. The van der Waals surface area contributed by atoms with Crippen LogP contribution in [0, 0.1) is 0 Å². The second kappa shape index (κ2) is 15.8. The molecule has 2 atom stereocenters. The summed E-state index contributed by atoms with van der Waals surface area (Å²) >= 11 is 0. The number of aliphatic hydroxyl groups excluding tert-OH is 1. The third-order valence-corrected chi connectivity index (χ3v) is 4.17. The average Bonchev–Trinajstić information content (AvgIpc) is 2.92. The standard InChI is InChI=1S/C12H27N.C8H10O5/c1-2-3-4-5-6-7-8-9-10-11-12-13;1-4(12-5(2)9)6-3-7(10)13-8(6)11/h2-13H2,1H3;3-4,8,11H,1-2H3. The Hall–Kier alpha value is -1.40. The van der Waals surface area contributed by atoms with Gasteiger partial charge in [-0.15, -0.1) is 0 Å². The van der Waals surface area contributed by atoms with Crippen molar-refractivity contribution in [3.63, 3.8) is 0 Å². The highest BCUT2D eigenvalue weighted by atomic mass is 16.6. The maximum atomic E-state index is 10.7. The number of cyclic esters (lactones) is 1. The van der Waals surface area contributed by atoms with Gasteiger partial charge < -0.3 is 20.3 Å². The molecule has 0 saturated heterocycles. The van der Waals surface area contributed by atoms with Gasteiger partial charge in [0, 0.05) is 18.6 Å². The molecule has 26 heavy (non-hydrogen) atoms. The molecule has 0 radical (unpaired) electrons. The van der Waals surface area contributed by atoms with Crippen molar-refractivity contribution in [3.8, 4) is 0 Å². The molecule has 1 rings (SSSR count). The Labute approximate surface area is 158 Å². The number of carbonyl (C=O) groups excluding carboxylic acids is 2. The van der Waals surface area contributed by atoms with E-state index in [1.54, 1.807) is 6.92 Å². The Balaban J connectivity index is 0.000000481. The summed E-state index contributed by atoms with van der Waals surface area (Å²) in [5.74, 6) is -1.10. The number of hydrogen-bond acceptors (Lipinski definition) is 6. The van der Waals surface area contributed by atoms with Gasteiger partial charge in [0.1, 0.15) is 6.10 Å². The fourth-order valence-electron chi connectivity index (χ4n) is 2.69. The van der Waals surface area contributed by atoms with Crippen LogP contribution in [0.1, 0.15) is 85.0 Å². The first kappa shape index (κ1) is 24.6. The second-order valence-electron chi connectivity index (χ2n) is 6.66. The first-order chi connectivity index (χ1) is 12.4. The quantitative estimate of drug-likeness (QED) is 0.402. The third-order valence-electron chi connectivity index (χ3n) is 4.17. The molecule has 0 aromatic heterocycles. The first-order valence-corrected chi connectivity index (χ1v) is 9.89. The summed E-state index contributed by atoms with van der Waals surface area (Å²) in [6, 6.07) is 0. The average molecular weight is 372 g/mol. The zero-order valence-corrected chi connectivity index (χ0v) is 16.7. The zero-order valence-electron chi connectivity index (χ0n) is 16.7. The summed E-state index contributed by atoms with van der Waals surface area (Å²) in [5, 5.41) is 9.14. The molecular formula is C20H37NO5. The minimum atomic E-state index is -1.29. The van der Waals surface area contributed by atoms with Gasteiger partial charge in [-0.2, -0.15) is 0 Å². The number of rotatable bonds is 12. The Bertz CT molecular complexity index is 412. The van der Waals surface area contributed by atoms with Crippen LogP contribution >= 0.6 is 0 Å². The van der Waals surface area contributed by atoms with Crippen molar-refractivity contribution in [2.45, 2.75) is 97.4 Å². The van der Waals surface area contributed by atoms with E-state index in [0.29, 0.717) is 0 Å². The molecule has 0 aliphatic carbocycles. The van der Waals surface area contributed by atoms with E-state index >= 15 is 0 Å². The highest BCUT2D eigenvalue weighted by Crippen LogP contribution is 2.19. The molecule has 1 aliphatic rings. The van der Waals surface area contributed by atoms with Crippen molar-refractivity contribution in [1.29, 1.82) is 0 Å². The molecule has 152 valence electrons. The van der Waals surface area contributed by atoms with Gasteiger partial charge in [0.2, 0.25) is 6.29 Å². The normalized spacial score (nSPS) is 17.0. The van der Waals surface area contributed by atoms with E-state index in [0.717, 1.165) is 12.6 Å². The van der Waals surface area contributed by atoms with Crippen molar-refractivity contribution in [1.82, 2.24) is 0 Å². The minimum absolute atomic E-state index is 0.264. The number of aliphatic hydroxyl groups is 1. The van der Waals surface area contributed by atoms with Crippen LogP contribution in [-0.2, 0) is 19.1 Å². The predicted molar refractivity (Wildman–Crippen MR) is 102 cm³/mol. The maximum absolute atomic E-state index is 10.7. The van der Waals surface area contributed by atoms with Crippen LogP contribution < -0.4 is 5.73 Å². The van der Waals surface area contributed by atoms with E-state index in [1.807, 2.05) is 0 Å². The number of carbonyl (C=O) groups is 2. The van der Waals surface area contributed by atoms with E-state index in [2.05, 4.69) is 11.7 Å². The summed E-state index contributed by atoms with van der Waals surface area (Å²) in [4.78, 5) is 21.2. The van der Waals surface area contributed by atoms with E-state index in [-0.39, 0.29) is 5.57 Å². The Morgan fingerprint density at radius 1 is 1.15 bits per heavy atom. The van der Waals surface area contributed by atoms with Crippen LogP contribution in [0.5, 0.6) is 0 Å². The van der Waals surface area contributed by atoms with Crippen LogP contribution in [0.3, 0.4) is 0 Å². The van der Waals surface area contributed by atoms with Gasteiger partial charge in [-0.05, 0) is 19.9 Å². The predicted octanol–water partition coefficient (Wildman–Crippen LogP) is 3.61. The molecule has 6 heteroatoms. The van der Waals surface area contributed by atoms with Gasteiger partial charge in [-0.1, -0.05) is 64.7 Å². The molecule has 0 fully saturated rings. The van der Waals surface area contributed by atoms with Crippen LogP contribution in [-0.4, -0.2) is 36.0 Å². The van der Waals surface area contributed by atoms with Crippen molar-refractivity contribution < 1.29 is 24.2 Å². The van der Waals surface area contributed by atoms with E-state index in [4.69, 9.17) is 15.6 Å². The molecule has 3 N–H and O–H groups in total. The molecule has 1 heterocycles. The minimum Gasteiger partial charge on any atom is -0.458 e. The number of esters is 2. The molecule has 0 spiro atoms. The number of hydrogen-bond donors (Lipinski definition) is 2. The lowest BCUT2D eigenvalue weighted by Gasteiger charge is -2.14. The lowest BCUT2D eigenvalue weighted by molar-refractivity contribution is -0.153. The maximum Gasteiger partial charge on any atom is 0.333 e. The molecule has 0 aromatic rings. The van der Waals surface area contributed by atoms with Gasteiger partial charge in [0.15, 0.2) is 0 Å². The van der Waals surface area contributed by atoms with E-state index in [1.165, 1.54) is 71.1 Å². The van der Waals surface area contributed by atoms with Crippen LogP contribution in [0.4, 0.5) is 0 Å². The fraction of sp³-hybridized carbons (Fsp3) is 0.800. The van der Waals surface area contributed by atoms with Gasteiger partial charge in [0.25, 0.3) is 0 Å². The molecule has 0 bridgehead atoms. The molecular weight excluding hydrogens is 334 g/mol. The fourth-order valence-corrected chi connectivity index (χ4v) is 2.69. The summed E-state index contributed by atoms with van der Waals surface area (Å²) in [5.41, 5.74) is 5.69. The van der Waals surface area contributed by atoms with Gasteiger partial charge in [0.05, 0.1) is 0 Å². The summed E-state index contributed by atoms with van der Waals surface area (Å²) in [6.45, 7) is 5.95. The molecule has 0 aromatic carbocycles. The third kappa shape index (κ3) is 12.9. The van der Waals surface area contributed by atoms with Gasteiger partial charge in [-0.3, -0.25) is 4.79 Å². The van der Waals surface area contributed by atoms with Gasteiger partial charge >= 0.3 is 11.9 Å². The Kier molecular flexibility index (Phi) is 15.0. The summed E-state index contributed by atoms with van der Waals surface area (Å²) in [7, 11) is 0. The molecule has 2 unspecified atom stereocenters. The molecule has 1 aliphatic heterocycles. The summed E-state index contributed by atoms with van der Waals surface area (Å²) < 4.78 is 9.16. The highest BCUT2D eigenvalue weighted by Gasteiger charge is 2.29. The largest absolute Gasteiger partial charge is 0.458 e. The van der Waals surface area contributed by atoms with Crippen LogP contribution in [0.25, 0.3) is 0 Å². The second-order valence-corrected chi connectivity index (χ2v) is 6.66. The van der Waals surface area contributed by atoms with Crippen LogP contribution in [0.15, 0.2) is 11.6 Å². The Morgan fingerprint density at radius 2 is 1.65 bits per heavy atom.